The van der Waals surface area contributed by atoms with Gasteiger partial charge in [-0.25, -0.2) is 0 Å². The average Bonchev–Trinajstić information content (AvgIpc) is 3.46. The van der Waals surface area contributed by atoms with Crippen molar-refractivity contribution >= 4 is 17.3 Å². The van der Waals surface area contributed by atoms with E-state index in [4.69, 9.17) is 9.47 Å². The van der Waals surface area contributed by atoms with Gasteiger partial charge in [0, 0.05) is 86.3 Å². The topological polar surface area (TPSA) is 86.9 Å². The molecule has 3 aromatic rings. The standard InChI is InChI=1S/C36H46N4O4/c1-5-39(29-9-14-43-15-10-29)34-21-28(26-6-7-33-27(19-26)8-13-40(33)30-11-16-44-17-12-30)20-31(25(34)4)35(41)37-22-32-23(2)18-24(3)38-36(32)42/h6-7,18-21,29-30H,5,8-17,22H2,1-4H3,(H,37,41)(H,38,42). The molecular weight excluding hydrogens is 552 g/mol. The lowest BCUT2D eigenvalue weighted by molar-refractivity contribution is 0.0845. The molecule has 8 nitrogen and oxygen atoms in total. The van der Waals surface area contributed by atoms with E-state index in [2.05, 4.69) is 58.2 Å². The highest BCUT2D eigenvalue weighted by Crippen LogP contribution is 2.38. The highest BCUT2D eigenvalue weighted by molar-refractivity contribution is 5.99. The lowest BCUT2D eigenvalue weighted by Gasteiger charge is -2.37. The molecule has 0 spiro atoms. The first-order valence-electron chi connectivity index (χ1n) is 16.3. The van der Waals surface area contributed by atoms with Crippen molar-refractivity contribution in [2.75, 3.05) is 49.3 Å². The molecule has 2 N–H and O–H groups in total. The monoisotopic (exact) mass is 598 g/mol. The van der Waals surface area contributed by atoms with E-state index in [1.165, 1.54) is 11.3 Å². The lowest BCUT2D eigenvalue weighted by Crippen LogP contribution is -2.40. The number of pyridine rings is 1. The summed E-state index contributed by atoms with van der Waals surface area (Å²) in [7, 11) is 0. The van der Waals surface area contributed by atoms with Crippen molar-refractivity contribution in [2.24, 2.45) is 0 Å². The van der Waals surface area contributed by atoms with E-state index in [-0.39, 0.29) is 18.0 Å². The molecule has 6 rings (SSSR count). The number of amides is 1. The average molecular weight is 599 g/mol. The van der Waals surface area contributed by atoms with E-state index in [0.717, 1.165) is 105 Å². The molecule has 0 radical (unpaired) electrons. The minimum Gasteiger partial charge on any atom is -0.381 e. The van der Waals surface area contributed by atoms with Gasteiger partial charge < -0.3 is 29.6 Å². The summed E-state index contributed by atoms with van der Waals surface area (Å²) in [6.07, 6.45) is 5.12. The number of carbonyl (C=O) groups excluding carboxylic acids is 1. The van der Waals surface area contributed by atoms with Crippen LogP contribution in [0.15, 0.2) is 41.2 Å². The number of hydrogen-bond acceptors (Lipinski definition) is 6. The molecule has 234 valence electrons. The highest BCUT2D eigenvalue weighted by atomic mass is 16.5. The number of aromatic nitrogens is 1. The summed E-state index contributed by atoms with van der Waals surface area (Å²) in [6, 6.07) is 14.0. The summed E-state index contributed by atoms with van der Waals surface area (Å²) in [5, 5.41) is 3.07. The number of ether oxygens (including phenoxy) is 2. The quantitative estimate of drug-likeness (QED) is 0.359. The summed E-state index contributed by atoms with van der Waals surface area (Å²) in [5.41, 5.74) is 9.69. The van der Waals surface area contributed by atoms with E-state index >= 15 is 0 Å². The van der Waals surface area contributed by atoms with Gasteiger partial charge in [-0.05, 0) is 118 Å². The van der Waals surface area contributed by atoms with Gasteiger partial charge in [-0.1, -0.05) is 6.07 Å². The van der Waals surface area contributed by atoms with Crippen LogP contribution in [0.4, 0.5) is 11.4 Å². The van der Waals surface area contributed by atoms with Gasteiger partial charge in [-0.15, -0.1) is 0 Å². The summed E-state index contributed by atoms with van der Waals surface area (Å²) < 4.78 is 11.3. The van der Waals surface area contributed by atoms with Gasteiger partial charge in [0.2, 0.25) is 0 Å². The molecule has 2 aromatic carbocycles. The third kappa shape index (κ3) is 6.15. The molecule has 2 fully saturated rings. The number of hydrogen-bond donors (Lipinski definition) is 2. The summed E-state index contributed by atoms with van der Waals surface area (Å²) in [4.78, 5) is 34.4. The molecule has 44 heavy (non-hydrogen) atoms. The van der Waals surface area contributed by atoms with Crippen molar-refractivity contribution in [1.82, 2.24) is 10.3 Å². The van der Waals surface area contributed by atoms with Crippen LogP contribution >= 0.6 is 0 Å². The van der Waals surface area contributed by atoms with Crippen LogP contribution in [0.1, 0.15) is 70.9 Å². The van der Waals surface area contributed by atoms with Crippen LogP contribution in [0, 0.1) is 20.8 Å². The molecular formula is C36H46N4O4. The Hall–Kier alpha value is -3.62. The zero-order valence-corrected chi connectivity index (χ0v) is 26.6. The van der Waals surface area contributed by atoms with Crippen molar-refractivity contribution in [3.63, 3.8) is 0 Å². The number of carbonyl (C=O) groups is 1. The normalized spacial score (nSPS) is 17.5. The SMILES string of the molecule is CCN(c1cc(-c2ccc3c(c2)CCN3C2CCOCC2)cc(C(=O)NCc2c(C)cc(C)[nH]c2=O)c1C)C1CCOCC1. The number of anilines is 2. The van der Waals surface area contributed by atoms with Crippen LogP contribution in [0.5, 0.6) is 0 Å². The van der Waals surface area contributed by atoms with Crippen molar-refractivity contribution < 1.29 is 14.3 Å². The van der Waals surface area contributed by atoms with Gasteiger partial charge in [0.05, 0.1) is 0 Å². The molecule has 1 amide bonds. The van der Waals surface area contributed by atoms with E-state index in [9.17, 15) is 9.59 Å². The first kappa shape index (κ1) is 30.4. The Balaban J connectivity index is 1.35. The molecule has 1 aromatic heterocycles. The van der Waals surface area contributed by atoms with Crippen LogP contribution in [0.25, 0.3) is 11.1 Å². The second kappa shape index (κ2) is 13.2. The Kier molecular flexibility index (Phi) is 9.10. The summed E-state index contributed by atoms with van der Waals surface area (Å²) in [6.45, 7) is 13.3. The Morgan fingerprint density at radius 3 is 2.41 bits per heavy atom. The Bertz CT molecular complexity index is 1570. The van der Waals surface area contributed by atoms with E-state index in [1.54, 1.807) is 0 Å². The molecule has 4 heterocycles. The zero-order chi connectivity index (χ0) is 30.8. The number of H-pyrrole nitrogens is 1. The second-order valence-corrected chi connectivity index (χ2v) is 12.6. The lowest BCUT2D eigenvalue weighted by atomic mass is 9.94. The fourth-order valence-corrected chi connectivity index (χ4v) is 7.37. The van der Waals surface area contributed by atoms with Crippen LogP contribution < -0.4 is 20.7 Å². The molecule has 0 atom stereocenters. The van der Waals surface area contributed by atoms with Crippen LogP contribution in [-0.2, 0) is 22.4 Å². The van der Waals surface area contributed by atoms with Gasteiger partial charge in [0.1, 0.15) is 0 Å². The molecule has 8 heteroatoms. The fourth-order valence-electron chi connectivity index (χ4n) is 7.37. The first-order valence-corrected chi connectivity index (χ1v) is 16.3. The molecule has 2 saturated heterocycles. The number of fused-ring (bicyclic) bond motifs is 1. The third-order valence-corrected chi connectivity index (χ3v) is 9.80. The number of benzene rings is 2. The number of rotatable bonds is 8. The predicted molar refractivity (Wildman–Crippen MR) is 176 cm³/mol. The van der Waals surface area contributed by atoms with Gasteiger partial charge >= 0.3 is 0 Å². The number of aryl methyl sites for hydroxylation is 2. The number of nitrogens with one attached hydrogen (secondary N) is 2. The molecule has 3 aliphatic heterocycles. The van der Waals surface area contributed by atoms with E-state index < -0.39 is 0 Å². The minimum absolute atomic E-state index is 0.154. The maximum Gasteiger partial charge on any atom is 0.253 e. The first-order chi connectivity index (χ1) is 21.3. The maximum atomic E-state index is 13.9. The molecule has 3 aliphatic rings. The largest absolute Gasteiger partial charge is 0.381 e. The van der Waals surface area contributed by atoms with Gasteiger partial charge in [0.15, 0.2) is 0 Å². The van der Waals surface area contributed by atoms with Crippen molar-refractivity contribution in [3.05, 3.63) is 80.3 Å². The maximum absolute atomic E-state index is 13.9. The molecule has 0 unspecified atom stereocenters. The molecule has 0 aliphatic carbocycles. The van der Waals surface area contributed by atoms with Crippen molar-refractivity contribution in [1.29, 1.82) is 0 Å². The predicted octanol–water partition coefficient (Wildman–Crippen LogP) is 5.44. The highest BCUT2D eigenvalue weighted by Gasteiger charge is 2.29. The van der Waals surface area contributed by atoms with Crippen LogP contribution in [0.3, 0.4) is 0 Å². The third-order valence-electron chi connectivity index (χ3n) is 9.80. The second-order valence-electron chi connectivity index (χ2n) is 12.6. The number of aromatic amines is 1. The summed E-state index contributed by atoms with van der Waals surface area (Å²) >= 11 is 0. The van der Waals surface area contributed by atoms with Crippen molar-refractivity contribution in [2.45, 2.75) is 78.4 Å². The smallest absolute Gasteiger partial charge is 0.253 e. The minimum atomic E-state index is -0.167. The Morgan fingerprint density at radius 1 is 0.977 bits per heavy atom. The van der Waals surface area contributed by atoms with E-state index in [0.29, 0.717) is 23.2 Å². The van der Waals surface area contributed by atoms with Gasteiger partial charge in [0.25, 0.3) is 11.5 Å². The van der Waals surface area contributed by atoms with Gasteiger partial charge in [-0.2, -0.15) is 0 Å². The summed E-state index contributed by atoms with van der Waals surface area (Å²) in [5.74, 6) is -0.167. The number of nitrogens with zero attached hydrogens (tertiary/aromatic N) is 2. The van der Waals surface area contributed by atoms with Gasteiger partial charge in [-0.3, -0.25) is 9.59 Å². The molecule has 0 bridgehead atoms. The zero-order valence-electron chi connectivity index (χ0n) is 26.6. The van der Waals surface area contributed by atoms with Crippen LogP contribution in [-0.4, -0.2) is 62.5 Å². The Morgan fingerprint density at radius 2 is 1.70 bits per heavy atom. The van der Waals surface area contributed by atoms with Crippen molar-refractivity contribution in [3.8, 4) is 11.1 Å². The van der Waals surface area contributed by atoms with E-state index in [1.807, 2.05) is 26.0 Å². The van der Waals surface area contributed by atoms with Crippen LogP contribution in [0.2, 0.25) is 0 Å². The Labute approximate surface area is 260 Å². The fraction of sp³-hybridized carbons (Fsp3) is 0.500. The molecule has 0 saturated carbocycles.